The number of hydrogen-bond acceptors (Lipinski definition) is 4. The van der Waals surface area contributed by atoms with Crippen molar-refractivity contribution in [3.8, 4) is 11.1 Å². The van der Waals surface area contributed by atoms with E-state index < -0.39 is 18.2 Å². The molecule has 1 amide bonds. The third-order valence-electron chi connectivity index (χ3n) is 4.71. The minimum atomic E-state index is -1.16. The first-order valence-corrected chi connectivity index (χ1v) is 9.88. The number of amides is 1. The van der Waals surface area contributed by atoms with Gasteiger partial charge < -0.3 is 19.9 Å². The van der Waals surface area contributed by atoms with Crippen LogP contribution in [-0.4, -0.2) is 23.3 Å². The van der Waals surface area contributed by atoms with Gasteiger partial charge in [-0.05, 0) is 41.0 Å². The highest BCUT2D eigenvalue weighted by atomic mass is 35.5. The first-order chi connectivity index (χ1) is 15.0. The van der Waals surface area contributed by atoms with Gasteiger partial charge in [0.15, 0.2) is 0 Å². The number of nitrogens with one attached hydrogen (secondary N) is 1. The molecule has 6 nitrogen and oxygen atoms in total. The lowest BCUT2D eigenvalue weighted by Crippen LogP contribution is -2.20. The Balaban J connectivity index is 1.50. The second kappa shape index (κ2) is 8.93. The summed E-state index contributed by atoms with van der Waals surface area (Å²) in [4.78, 5) is 24.3. The smallest absolute Gasteiger partial charge is 0.337 e. The van der Waals surface area contributed by atoms with E-state index in [1.807, 2.05) is 36.4 Å². The van der Waals surface area contributed by atoms with E-state index in [0.717, 1.165) is 11.1 Å². The van der Waals surface area contributed by atoms with Crippen LogP contribution in [0.4, 0.5) is 5.69 Å². The highest BCUT2D eigenvalue weighted by Crippen LogP contribution is 2.29. The third kappa shape index (κ3) is 4.87. The van der Waals surface area contributed by atoms with Crippen molar-refractivity contribution in [2.45, 2.75) is 12.7 Å². The minimum Gasteiger partial charge on any atom is -0.478 e. The summed E-state index contributed by atoms with van der Waals surface area (Å²) in [6.07, 6.45) is 1.09. The number of benzene rings is 3. The van der Waals surface area contributed by atoms with Crippen LogP contribution in [0.1, 0.15) is 15.9 Å². The van der Waals surface area contributed by atoms with Crippen molar-refractivity contribution in [3.63, 3.8) is 0 Å². The van der Waals surface area contributed by atoms with Gasteiger partial charge in [-0.3, -0.25) is 4.79 Å². The standard InChI is InChI=1S/C24H18ClNO5/c25-18-8-4-7-16(12-18)17-9-10-19(24(28)29)20(13-17)26-23(27)21-14-30-22(31-21)11-15-5-2-1-3-6-15/h1-10,12-14,22H,11H2,(H,26,27)(H,28,29). The lowest BCUT2D eigenvalue weighted by atomic mass is 10.0. The summed E-state index contributed by atoms with van der Waals surface area (Å²) < 4.78 is 11.0. The van der Waals surface area contributed by atoms with Gasteiger partial charge in [-0.15, -0.1) is 0 Å². The number of carbonyl (C=O) groups excluding carboxylic acids is 1. The molecule has 4 rings (SSSR count). The number of hydrogen-bond donors (Lipinski definition) is 2. The molecule has 156 valence electrons. The normalized spacial score (nSPS) is 14.9. The molecule has 1 heterocycles. The fourth-order valence-electron chi connectivity index (χ4n) is 3.20. The summed E-state index contributed by atoms with van der Waals surface area (Å²) in [5.41, 5.74) is 2.61. The predicted molar refractivity (Wildman–Crippen MR) is 117 cm³/mol. The molecule has 1 aliphatic rings. The highest BCUT2D eigenvalue weighted by molar-refractivity contribution is 6.30. The Hall–Kier alpha value is -3.77. The van der Waals surface area contributed by atoms with Crippen LogP contribution < -0.4 is 5.32 Å². The average molecular weight is 436 g/mol. The molecule has 2 N–H and O–H groups in total. The second-order valence-electron chi connectivity index (χ2n) is 6.89. The van der Waals surface area contributed by atoms with Gasteiger partial charge in [-0.1, -0.05) is 60.1 Å². The molecule has 7 heteroatoms. The van der Waals surface area contributed by atoms with Crippen LogP contribution in [0.25, 0.3) is 11.1 Å². The van der Waals surface area contributed by atoms with Gasteiger partial charge in [-0.2, -0.15) is 0 Å². The van der Waals surface area contributed by atoms with Gasteiger partial charge in [0.05, 0.1) is 11.3 Å². The monoisotopic (exact) mass is 435 g/mol. The van der Waals surface area contributed by atoms with Crippen molar-refractivity contribution in [2.75, 3.05) is 5.32 Å². The molecule has 3 aromatic carbocycles. The molecule has 0 spiro atoms. The van der Waals surface area contributed by atoms with Crippen LogP contribution >= 0.6 is 11.6 Å². The third-order valence-corrected chi connectivity index (χ3v) is 4.95. The number of carboxylic acids is 1. The molecule has 0 saturated heterocycles. The maximum absolute atomic E-state index is 12.7. The molecule has 1 atom stereocenters. The topological polar surface area (TPSA) is 84.9 Å². The van der Waals surface area contributed by atoms with Crippen LogP contribution in [-0.2, 0) is 20.7 Å². The van der Waals surface area contributed by atoms with Crippen molar-refractivity contribution in [1.29, 1.82) is 0 Å². The number of aromatic carboxylic acids is 1. The van der Waals surface area contributed by atoms with Crippen LogP contribution in [0.5, 0.6) is 0 Å². The molecule has 0 aliphatic carbocycles. The van der Waals surface area contributed by atoms with E-state index in [9.17, 15) is 14.7 Å². The van der Waals surface area contributed by atoms with Gasteiger partial charge in [0.25, 0.3) is 5.91 Å². The van der Waals surface area contributed by atoms with Crippen molar-refractivity contribution in [1.82, 2.24) is 0 Å². The molecule has 0 radical (unpaired) electrons. The Morgan fingerprint density at radius 2 is 1.74 bits per heavy atom. The summed E-state index contributed by atoms with van der Waals surface area (Å²) in [5, 5.41) is 12.7. The quantitative estimate of drug-likeness (QED) is 0.562. The zero-order valence-corrected chi connectivity index (χ0v) is 17.0. The zero-order valence-electron chi connectivity index (χ0n) is 16.2. The van der Waals surface area contributed by atoms with Crippen LogP contribution in [0.15, 0.2) is 84.8 Å². The predicted octanol–water partition coefficient (Wildman–Crippen LogP) is 5.10. The van der Waals surface area contributed by atoms with Crippen molar-refractivity contribution in [2.24, 2.45) is 0 Å². The van der Waals surface area contributed by atoms with Crippen molar-refractivity contribution >= 4 is 29.2 Å². The van der Waals surface area contributed by atoms with Gasteiger partial charge in [0.1, 0.15) is 6.26 Å². The molecular formula is C24H18ClNO5. The molecule has 0 aromatic heterocycles. The number of anilines is 1. The Kier molecular flexibility index (Phi) is 5.91. The summed E-state index contributed by atoms with van der Waals surface area (Å²) in [6.45, 7) is 0. The molecule has 0 fully saturated rings. The Labute approximate surface area is 183 Å². The number of ether oxygens (including phenoxy) is 2. The molecular weight excluding hydrogens is 418 g/mol. The fourth-order valence-corrected chi connectivity index (χ4v) is 3.39. The Morgan fingerprint density at radius 1 is 0.968 bits per heavy atom. The van der Waals surface area contributed by atoms with E-state index in [0.29, 0.717) is 17.0 Å². The highest BCUT2D eigenvalue weighted by Gasteiger charge is 2.26. The minimum absolute atomic E-state index is 0.0228. The number of carboxylic acid groups (broad SMARTS) is 1. The Bertz CT molecular complexity index is 1160. The van der Waals surface area contributed by atoms with E-state index >= 15 is 0 Å². The average Bonchev–Trinajstić information content (AvgIpc) is 3.23. The number of halogens is 1. The van der Waals surface area contributed by atoms with Crippen LogP contribution in [0.3, 0.4) is 0 Å². The summed E-state index contributed by atoms with van der Waals surface area (Å²) in [7, 11) is 0. The van der Waals surface area contributed by atoms with E-state index in [2.05, 4.69) is 5.32 Å². The molecule has 0 bridgehead atoms. The lowest BCUT2D eigenvalue weighted by molar-refractivity contribution is -0.118. The van der Waals surface area contributed by atoms with E-state index in [1.165, 1.54) is 12.3 Å². The maximum Gasteiger partial charge on any atom is 0.337 e. The van der Waals surface area contributed by atoms with E-state index in [1.54, 1.807) is 30.3 Å². The number of carbonyl (C=O) groups is 2. The molecule has 0 saturated carbocycles. The van der Waals surface area contributed by atoms with E-state index in [4.69, 9.17) is 21.1 Å². The van der Waals surface area contributed by atoms with Gasteiger partial charge in [0, 0.05) is 11.4 Å². The summed E-state index contributed by atoms with van der Waals surface area (Å²) in [5.74, 6) is -1.78. The van der Waals surface area contributed by atoms with Gasteiger partial charge in [-0.25, -0.2) is 4.79 Å². The number of rotatable bonds is 6. The first-order valence-electron chi connectivity index (χ1n) is 9.50. The summed E-state index contributed by atoms with van der Waals surface area (Å²) in [6, 6.07) is 21.4. The fraction of sp³-hybridized carbons (Fsp3) is 0.0833. The van der Waals surface area contributed by atoms with Gasteiger partial charge >= 0.3 is 5.97 Å². The summed E-state index contributed by atoms with van der Waals surface area (Å²) >= 11 is 6.06. The largest absolute Gasteiger partial charge is 0.478 e. The molecule has 1 aliphatic heterocycles. The first kappa shape index (κ1) is 20.5. The maximum atomic E-state index is 12.7. The van der Waals surface area contributed by atoms with Crippen LogP contribution in [0, 0.1) is 0 Å². The second-order valence-corrected chi connectivity index (χ2v) is 7.32. The molecule has 31 heavy (non-hydrogen) atoms. The molecule has 3 aromatic rings. The van der Waals surface area contributed by atoms with E-state index in [-0.39, 0.29) is 17.0 Å². The molecule has 1 unspecified atom stereocenters. The van der Waals surface area contributed by atoms with Crippen LogP contribution in [0.2, 0.25) is 5.02 Å². The SMILES string of the molecule is O=C(Nc1cc(-c2cccc(Cl)c2)ccc1C(=O)O)C1=COC(Cc2ccccc2)O1. The Morgan fingerprint density at radius 3 is 2.48 bits per heavy atom. The van der Waals surface area contributed by atoms with Gasteiger partial charge in [0.2, 0.25) is 12.0 Å². The zero-order chi connectivity index (χ0) is 21.8. The van der Waals surface area contributed by atoms with Crippen molar-refractivity contribution in [3.05, 3.63) is 101 Å². The van der Waals surface area contributed by atoms with Crippen molar-refractivity contribution < 1.29 is 24.2 Å². The lowest BCUT2D eigenvalue weighted by Gasteiger charge is -2.13.